The molecule has 2 heterocycles. The molecule has 4 rings (SSSR count). The molecule has 0 atom stereocenters. The molecular weight excluding hydrogens is 422 g/mol. The molecule has 11 nitrogen and oxygen atoms in total. The fourth-order valence-electron chi connectivity index (χ4n) is 2.73. The van der Waals surface area contributed by atoms with E-state index < -0.39 is 10.8 Å². The number of hydrogen-bond donors (Lipinski definition) is 1. The highest BCUT2D eigenvalue weighted by Crippen LogP contribution is 2.34. The number of benzene rings is 2. The van der Waals surface area contributed by atoms with Crippen molar-refractivity contribution in [2.45, 2.75) is 17.0 Å². The molecular formula is C19H15N7O4S. The Morgan fingerprint density at radius 2 is 2.03 bits per heavy atom. The first-order chi connectivity index (χ1) is 14.9. The van der Waals surface area contributed by atoms with Gasteiger partial charge in [-0.05, 0) is 48.5 Å². The van der Waals surface area contributed by atoms with Crippen molar-refractivity contribution in [3.05, 3.63) is 70.4 Å². The van der Waals surface area contributed by atoms with Gasteiger partial charge in [-0.25, -0.2) is 0 Å². The maximum Gasteiger partial charge on any atom is 0.284 e. The first kappa shape index (κ1) is 20.2. The van der Waals surface area contributed by atoms with Crippen molar-refractivity contribution in [3.63, 3.8) is 0 Å². The van der Waals surface area contributed by atoms with Crippen LogP contribution in [0.4, 0.5) is 11.4 Å². The van der Waals surface area contributed by atoms with Gasteiger partial charge in [-0.3, -0.25) is 14.9 Å². The average molecular weight is 437 g/mol. The number of carbonyl (C=O) groups is 1. The summed E-state index contributed by atoms with van der Waals surface area (Å²) in [5.74, 6) is -0.166. The van der Waals surface area contributed by atoms with Crippen molar-refractivity contribution >= 4 is 29.0 Å². The largest absolute Gasteiger partial charge is 0.423 e. The highest BCUT2D eigenvalue weighted by Gasteiger charge is 2.20. The van der Waals surface area contributed by atoms with Crippen LogP contribution in [0.25, 0.3) is 11.5 Å². The van der Waals surface area contributed by atoms with Crippen LogP contribution in [0.5, 0.6) is 0 Å². The molecule has 0 aliphatic heterocycles. The third kappa shape index (κ3) is 4.28. The van der Waals surface area contributed by atoms with Gasteiger partial charge in [0, 0.05) is 29.9 Å². The Bertz CT molecular complexity index is 1270. The Morgan fingerprint density at radius 3 is 2.71 bits per heavy atom. The molecule has 4 aromatic rings. The van der Waals surface area contributed by atoms with E-state index in [4.69, 9.17) is 4.42 Å². The van der Waals surface area contributed by atoms with Crippen LogP contribution >= 0.6 is 11.8 Å². The molecule has 1 N–H and O–H groups in total. The maximum atomic E-state index is 12.8. The third-order valence-electron chi connectivity index (χ3n) is 4.38. The van der Waals surface area contributed by atoms with Gasteiger partial charge in [-0.2, -0.15) is 0 Å². The minimum absolute atomic E-state index is 0.150. The van der Waals surface area contributed by atoms with E-state index in [1.807, 2.05) is 6.92 Å². The lowest BCUT2D eigenvalue weighted by molar-refractivity contribution is -0.387. The summed E-state index contributed by atoms with van der Waals surface area (Å²) in [6, 6.07) is 9.59. The second-order valence-electron chi connectivity index (χ2n) is 6.49. The molecule has 31 heavy (non-hydrogen) atoms. The predicted octanol–water partition coefficient (Wildman–Crippen LogP) is 3.49. The zero-order valence-electron chi connectivity index (χ0n) is 16.3. The minimum atomic E-state index is -0.531. The van der Waals surface area contributed by atoms with Crippen LogP contribution in [0.2, 0.25) is 0 Å². The van der Waals surface area contributed by atoms with Gasteiger partial charge in [0.1, 0.15) is 6.33 Å². The summed E-state index contributed by atoms with van der Waals surface area (Å²) in [5, 5.41) is 30.1. The van der Waals surface area contributed by atoms with Gasteiger partial charge < -0.3 is 14.3 Å². The Hall–Kier alpha value is -4.06. The van der Waals surface area contributed by atoms with E-state index in [1.165, 1.54) is 30.9 Å². The summed E-state index contributed by atoms with van der Waals surface area (Å²) < 4.78 is 6.83. The average Bonchev–Trinajstić information content (AvgIpc) is 3.42. The van der Waals surface area contributed by atoms with Crippen molar-refractivity contribution in [1.29, 1.82) is 0 Å². The van der Waals surface area contributed by atoms with E-state index in [0.29, 0.717) is 27.2 Å². The smallest absolute Gasteiger partial charge is 0.284 e. The van der Waals surface area contributed by atoms with Crippen molar-refractivity contribution in [1.82, 2.24) is 25.0 Å². The van der Waals surface area contributed by atoms with Crippen LogP contribution in [-0.4, -0.2) is 35.8 Å². The number of nitro benzene ring substituents is 1. The van der Waals surface area contributed by atoms with Gasteiger partial charge in [-0.1, -0.05) is 6.07 Å². The van der Waals surface area contributed by atoms with Gasteiger partial charge in [0.15, 0.2) is 5.16 Å². The Kier molecular flexibility index (Phi) is 5.45. The number of carbonyl (C=O) groups excluding carboxylic acids is 1. The zero-order valence-corrected chi connectivity index (χ0v) is 17.2. The number of hydrogen-bond acceptors (Lipinski definition) is 9. The summed E-state index contributed by atoms with van der Waals surface area (Å²) in [7, 11) is 1.74. The lowest BCUT2D eigenvalue weighted by atomic mass is 10.1. The summed E-state index contributed by atoms with van der Waals surface area (Å²) in [6.07, 6.45) is 2.72. The molecule has 12 heteroatoms. The fourth-order valence-corrected chi connectivity index (χ4v) is 3.58. The first-order valence-corrected chi connectivity index (χ1v) is 9.73. The Balaban J connectivity index is 1.60. The van der Waals surface area contributed by atoms with Gasteiger partial charge in [-0.15, -0.1) is 20.4 Å². The summed E-state index contributed by atoms with van der Waals surface area (Å²) >= 11 is 1.10. The summed E-state index contributed by atoms with van der Waals surface area (Å²) in [6.45, 7) is 1.83. The number of aryl methyl sites for hydroxylation is 2. The van der Waals surface area contributed by atoms with E-state index in [0.717, 1.165) is 17.3 Å². The monoisotopic (exact) mass is 437 g/mol. The quantitative estimate of drug-likeness (QED) is 0.354. The van der Waals surface area contributed by atoms with Gasteiger partial charge >= 0.3 is 0 Å². The van der Waals surface area contributed by atoms with Crippen LogP contribution in [-0.2, 0) is 7.05 Å². The molecule has 1 amide bonds. The molecule has 156 valence electrons. The van der Waals surface area contributed by atoms with Crippen LogP contribution in [0.1, 0.15) is 15.9 Å². The second kappa shape index (κ2) is 8.36. The normalized spacial score (nSPS) is 10.8. The van der Waals surface area contributed by atoms with Crippen molar-refractivity contribution < 1.29 is 14.1 Å². The van der Waals surface area contributed by atoms with Crippen molar-refractivity contribution in [2.24, 2.45) is 7.05 Å². The van der Waals surface area contributed by atoms with Crippen LogP contribution in [0, 0.1) is 17.0 Å². The fraction of sp³-hybridized carbons (Fsp3) is 0.105. The molecule has 0 saturated heterocycles. The number of aromatic nitrogens is 5. The number of nitrogens with zero attached hydrogens (tertiary/aromatic N) is 6. The molecule has 0 bridgehead atoms. The van der Waals surface area contributed by atoms with Crippen LogP contribution in [0.3, 0.4) is 0 Å². The molecule has 0 aliphatic rings. The number of nitrogens with one attached hydrogen (secondary N) is 1. The number of anilines is 1. The molecule has 2 aromatic carbocycles. The summed E-state index contributed by atoms with van der Waals surface area (Å²) in [5.41, 5.74) is 1.93. The van der Waals surface area contributed by atoms with E-state index >= 15 is 0 Å². The number of rotatable bonds is 6. The molecule has 0 saturated carbocycles. The Labute approximate surface area is 179 Å². The molecule has 0 fully saturated rings. The molecule has 0 spiro atoms. The number of nitro groups is 1. The molecule has 0 aliphatic carbocycles. The van der Waals surface area contributed by atoms with E-state index in [9.17, 15) is 14.9 Å². The standard InChI is InChI=1S/C19H15N7O4S/c1-11-3-4-13(18-23-21-10-30-18)7-14(11)22-17(27)12-5-6-16(15(8-12)26(28)29)31-19-24-20-9-25(19)2/h3-10H,1-2H3,(H,22,27). The van der Waals surface area contributed by atoms with E-state index in [-0.39, 0.29) is 11.3 Å². The SMILES string of the molecule is Cc1ccc(-c2nnco2)cc1NC(=O)c1ccc(Sc2nncn2C)c([N+](=O)[O-])c1. The lowest BCUT2D eigenvalue weighted by Crippen LogP contribution is -2.13. The van der Waals surface area contributed by atoms with E-state index in [1.54, 1.807) is 29.8 Å². The van der Waals surface area contributed by atoms with Gasteiger partial charge in [0.05, 0.1) is 9.82 Å². The zero-order chi connectivity index (χ0) is 22.0. The minimum Gasteiger partial charge on any atom is -0.423 e. The highest BCUT2D eigenvalue weighted by molar-refractivity contribution is 7.99. The predicted molar refractivity (Wildman–Crippen MR) is 111 cm³/mol. The van der Waals surface area contributed by atoms with E-state index in [2.05, 4.69) is 25.7 Å². The summed E-state index contributed by atoms with van der Waals surface area (Å²) in [4.78, 5) is 24.2. The Morgan fingerprint density at radius 1 is 1.19 bits per heavy atom. The first-order valence-electron chi connectivity index (χ1n) is 8.91. The maximum absolute atomic E-state index is 12.8. The van der Waals surface area contributed by atoms with Gasteiger partial charge in [0.2, 0.25) is 12.3 Å². The second-order valence-corrected chi connectivity index (χ2v) is 7.50. The van der Waals surface area contributed by atoms with Crippen molar-refractivity contribution in [2.75, 3.05) is 5.32 Å². The van der Waals surface area contributed by atoms with Crippen molar-refractivity contribution in [3.8, 4) is 11.5 Å². The third-order valence-corrected chi connectivity index (χ3v) is 5.50. The molecule has 0 radical (unpaired) electrons. The van der Waals surface area contributed by atoms with Crippen LogP contribution < -0.4 is 5.32 Å². The lowest BCUT2D eigenvalue weighted by Gasteiger charge is -2.10. The van der Waals surface area contributed by atoms with Gasteiger partial charge in [0.25, 0.3) is 11.6 Å². The topological polar surface area (TPSA) is 142 Å². The van der Waals surface area contributed by atoms with Crippen LogP contribution in [0.15, 0.2) is 63.6 Å². The highest BCUT2D eigenvalue weighted by atomic mass is 32.2. The molecule has 2 aromatic heterocycles. The number of amides is 1. The molecule has 0 unspecified atom stereocenters.